The molecule has 0 radical (unpaired) electrons. The van der Waals surface area contributed by atoms with Crippen molar-refractivity contribution in [3.05, 3.63) is 175 Å². The van der Waals surface area contributed by atoms with Gasteiger partial charge in [0.1, 0.15) is 0 Å². The molecule has 0 aliphatic heterocycles. The number of rotatable bonds is 5. The molecular weight excluding hydrogens is 698 g/mol. The average molecular weight is 731 g/mol. The fourth-order valence-corrected chi connectivity index (χ4v) is 10.4. The Labute approximate surface area is 309 Å². The van der Waals surface area contributed by atoms with Gasteiger partial charge in [-0.25, -0.2) is 0 Å². The predicted molar refractivity (Wildman–Crippen MR) is 217 cm³/mol. The summed E-state index contributed by atoms with van der Waals surface area (Å²) in [5.41, 5.74) is 13.2. The van der Waals surface area contributed by atoms with Crippen LogP contribution in [0.4, 0.5) is 0 Å². The molecule has 0 unspecified atom stereocenters. The molecule has 9 aromatic rings. The van der Waals surface area contributed by atoms with Crippen LogP contribution in [0.1, 0.15) is 25.0 Å². The fraction of sp³-hybridized carbons (Fsp3) is 0.0625. The monoisotopic (exact) mass is 731 g/mol. The van der Waals surface area contributed by atoms with Gasteiger partial charge in [-0.1, -0.05) is 38.1 Å². The van der Waals surface area contributed by atoms with Crippen molar-refractivity contribution in [3.8, 4) is 67.5 Å². The summed E-state index contributed by atoms with van der Waals surface area (Å²) in [4.78, 5) is 15.3. The van der Waals surface area contributed by atoms with Crippen molar-refractivity contribution < 1.29 is 0 Å². The molecule has 3 nitrogen and oxygen atoms in total. The number of benzene rings is 7. The van der Waals surface area contributed by atoms with Gasteiger partial charge in [0.05, 0.1) is 0 Å². The smallest absolute Gasteiger partial charge is 0.0300 e. The summed E-state index contributed by atoms with van der Waals surface area (Å²) in [6.07, 6.45) is 0. The first-order valence-electron chi connectivity index (χ1n) is 17.7. The number of fused-ring (bicyclic) bond motifs is 6. The molecule has 246 valence electrons. The Morgan fingerprint density at radius 3 is 1.73 bits per heavy atom. The summed E-state index contributed by atoms with van der Waals surface area (Å²) in [6.45, 7) is 4.65. The molecule has 10 rings (SSSR count). The Kier molecular flexibility index (Phi) is 7.18. The second-order valence-electron chi connectivity index (χ2n) is 14.0. The van der Waals surface area contributed by atoms with Crippen LogP contribution >= 0.6 is 0 Å². The minimum Gasteiger partial charge on any atom is -0.0300 e. The Hall–Kier alpha value is -5.93. The third-order valence-corrected chi connectivity index (χ3v) is 12.9. The third kappa shape index (κ3) is 5.06. The molecule has 0 atom stereocenters. The van der Waals surface area contributed by atoms with Gasteiger partial charge < -0.3 is 0 Å². The summed E-state index contributed by atoms with van der Waals surface area (Å²) in [5.74, 6) is 2.02. The zero-order valence-corrected chi connectivity index (χ0v) is 30.6. The molecule has 0 spiro atoms. The molecule has 1 aliphatic carbocycles. The van der Waals surface area contributed by atoms with Crippen LogP contribution in [0.15, 0.2) is 164 Å². The molecule has 0 amide bonds. The van der Waals surface area contributed by atoms with Crippen molar-refractivity contribution in [3.63, 3.8) is 0 Å². The summed E-state index contributed by atoms with van der Waals surface area (Å²) in [6, 6.07) is 58.7. The molecule has 0 saturated carbocycles. The van der Waals surface area contributed by atoms with Crippen LogP contribution in [0.5, 0.6) is 0 Å². The van der Waals surface area contributed by atoms with Crippen molar-refractivity contribution in [2.24, 2.45) is 0 Å². The zero-order chi connectivity index (χ0) is 34.8. The molecule has 2 aromatic heterocycles. The molecule has 0 N–H and O–H groups in total. The van der Waals surface area contributed by atoms with Gasteiger partial charge in [-0.05, 0) is 16.7 Å². The number of nitrogens with zero attached hydrogens (tertiary/aromatic N) is 3. The van der Waals surface area contributed by atoms with Gasteiger partial charge in [-0.2, -0.15) is 0 Å². The molecule has 1 aliphatic rings. The zero-order valence-electron chi connectivity index (χ0n) is 28.8. The van der Waals surface area contributed by atoms with Gasteiger partial charge >= 0.3 is 250 Å². The molecule has 0 fully saturated rings. The topological polar surface area (TPSA) is 38.7 Å². The molecule has 4 heteroatoms. The molecule has 52 heavy (non-hydrogen) atoms. The van der Waals surface area contributed by atoms with Gasteiger partial charge in [-0.15, -0.1) is 0 Å². The van der Waals surface area contributed by atoms with E-state index in [1.807, 2.05) is 18.2 Å². The number of hydrogen-bond acceptors (Lipinski definition) is 3. The molecule has 0 saturated heterocycles. The quantitative estimate of drug-likeness (QED) is 0.166. The Morgan fingerprint density at radius 2 is 0.942 bits per heavy atom. The van der Waals surface area contributed by atoms with Crippen LogP contribution in [0.3, 0.4) is 0 Å². The predicted octanol–water partition coefficient (Wildman–Crippen LogP) is 11.9. The van der Waals surface area contributed by atoms with Crippen molar-refractivity contribution in [1.82, 2.24) is 15.0 Å². The second kappa shape index (κ2) is 12.1. The Morgan fingerprint density at radius 1 is 0.385 bits per heavy atom. The van der Waals surface area contributed by atoms with Gasteiger partial charge in [0.15, 0.2) is 0 Å². The Bertz CT molecular complexity index is 2820. The van der Waals surface area contributed by atoms with E-state index >= 15 is 0 Å². The number of aromatic nitrogens is 3. The van der Waals surface area contributed by atoms with Crippen LogP contribution in [-0.4, -0.2) is 29.5 Å². The first-order chi connectivity index (χ1) is 25.5. The van der Waals surface area contributed by atoms with Crippen molar-refractivity contribution in [2.45, 2.75) is 19.3 Å². The minimum atomic E-state index is -0.0208. The van der Waals surface area contributed by atoms with Gasteiger partial charge in [-0.3, -0.25) is 0 Å². The molecule has 2 heterocycles. The van der Waals surface area contributed by atoms with E-state index in [0.717, 1.165) is 22.3 Å². The summed E-state index contributed by atoms with van der Waals surface area (Å²) < 4.78 is 2.77. The van der Waals surface area contributed by atoms with Crippen LogP contribution in [-0.2, 0) is 5.41 Å². The van der Waals surface area contributed by atoms with Crippen molar-refractivity contribution in [2.75, 3.05) is 0 Å². The minimum absolute atomic E-state index is 0.0208. The van der Waals surface area contributed by atoms with Crippen LogP contribution in [0.25, 0.3) is 86.8 Å². The molecular formula is C48H33N3Se. The van der Waals surface area contributed by atoms with Crippen LogP contribution < -0.4 is 0 Å². The van der Waals surface area contributed by atoms with Crippen molar-refractivity contribution in [1.29, 1.82) is 0 Å². The maximum absolute atomic E-state index is 5.17. The van der Waals surface area contributed by atoms with E-state index in [1.54, 1.807) is 0 Å². The van der Waals surface area contributed by atoms with Gasteiger partial charge in [0.25, 0.3) is 0 Å². The molecule has 0 bridgehead atoms. The van der Waals surface area contributed by atoms with E-state index in [-0.39, 0.29) is 19.9 Å². The van der Waals surface area contributed by atoms with E-state index in [0.29, 0.717) is 17.5 Å². The van der Waals surface area contributed by atoms with Crippen LogP contribution in [0.2, 0.25) is 0 Å². The number of hydrogen-bond donors (Lipinski definition) is 0. The summed E-state index contributed by atoms with van der Waals surface area (Å²) in [5, 5.41) is 2.66. The Balaban J connectivity index is 1.09. The van der Waals surface area contributed by atoms with E-state index in [4.69, 9.17) is 15.0 Å². The third-order valence-electron chi connectivity index (χ3n) is 10.5. The summed E-state index contributed by atoms with van der Waals surface area (Å²) >= 11 is 0.184. The standard InChI is InChI=1S/C48H33N3Se/c1-48(2)40-21-10-9-19-37(40)39-28-33(24-26-41(39)48)32-17-11-18-34(27-32)46-49-45(31-15-7-4-8-16-31)50-47(51-46)35-23-25-38-43(29-35)52-42-22-12-20-36(44(38)42)30-13-5-3-6-14-30/h3-29H,1-2H3. The first-order valence-corrected chi connectivity index (χ1v) is 19.4. The SMILES string of the molecule is CC1(C)c2ccccc2-c2cc(-c3cccc(-c4nc(-c5ccccc5)nc(-c5ccc6c(c5)[se]c5cccc(-c7ccccc7)c56)n4)c3)ccc21. The van der Waals surface area contributed by atoms with Crippen LogP contribution in [0, 0.1) is 0 Å². The maximum atomic E-state index is 5.17. The fourth-order valence-electron chi connectivity index (χ4n) is 7.91. The average Bonchev–Trinajstić information content (AvgIpc) is 3.70. The van der Waals surface area contributed by atoms with Gasteiger partial charge in [0.2, 0.25) is 0 Å². The molecule has 7 aromatic carbocycles. The van der Waals surface area contributed by atoms with E-state index in [9.17, 15) is 0 Å². The summed E-state index contributed by atoms with van der Waals surface area (Å²) in [7, 11) is 0. The second-order valence-corrected chi connectivity index (χ2v) is 16.3. The van der Waals surface area contributed by atoms with Crippen molar-refractivity contribution >= 4 is 33.8 Å². The first kappa shape index (κ1) is 30.9. The van der Waals surface area contributed by atoms with E-state index < -0.39 is 0 Å². The van der Waals surface area contributed by atoms with E-state index in [2.05, 4.69) is 159 Å². The normalized spacial score (nSPS) is 13.0. The van der Waals surface area contributed by atoms with Gasteiger partial charge in [0, 0.05) is 5.41 Å². The van der Waals surface area contributed by atoms with E-state index in [1.165, 1.54) is 58.2 Å².